The molecule has 1 N–H and O–H groups in total. The molecule has 0 radical (unpaired) electrons. The molecule has 0 fully saturated rings. The van der Waals surface area contributed by atoms with E-state index in [-0.39, 0.29) is 6.61 Å². The van der Waals surface area contributed by atoms with Gasteiger partial charge in [-0.1, -0.05) is 34.9 Å². The highest BCUT2D eigenvalue weighted by atomic mass is 19.4. The zero-order valence-corrected chi connectivity index (χ0v) is 17.4. The first-order valence-corrected chi connectivity index (χ1v) is 9.61. The van der Waals surface area contributed by atoms with Crippen molar-refractivity contribution in [2.75, 3.05) is 6.61 Å². The minimum atomic E-state index is -4.62. The highest BCUT2D eigenvalue weighted by molar-refractivity contribution is 6.60. The molecule has 1 aromatic carbocycles. The second kappa shape index (κ2) is 12.0. The smallest absolute Gasteiger partial charge is 0.423 e. The fraction of sp³-hybridized carbons (Fsp3) is 0.455. The number of allylic oxidation sites excluding steroid dienone is 5. The fourth-order valence-corrected chi connectivity index (χ4v) is 2.62. The maximum atomic E-state index is 13.7. The summed E-state index contributed by atoms with van der Waals surface area (Å²) in [4.78, 5) is 0. The number of benzene rings is 1. The Hall–Kier alpha value is -1.86. The Labute approximate surface area is 171 Å². The van der Waals surface area contributed by atoms with Gasteiger partial charge >= 0.3 is 13.3 Å². The molecule has 1 rings (SSSR count). The van der Waals surface area contributed by atoms with Crippen molar-refractivity contribution >= 4 is 12.6 Å². The van der Waals surface area contributed by atoms with Gasteiger partial charge in [0.25, 0.3) is 0 Å². The molecule has 7 heteroatoms. The van der Waals surface area contributed by atoms with Crippen molar-refractivity contribution in [1.82, 2.24) is 0 Å². The van der Waals surface area contributed by atoms with E-state index < -0.39 is 30.1 Å². The van der Waals surface area contributed by atoms with Crippen LogP contribution in [0.1, 0.15) is 58.9 Å². The Morgan fingerprint density at radius 2 is 1.59 bits per heavy atom. The highest BCUT2D eigenvalue weighted by Crippen LogP contribution is 2.28. The highest BCUT2D eigenvalue weighted by Gasteiger charge is 2.33. The van der Waals surface area contributed by atoms with Gasteiger partial charge in [0.1, 0.15) is 5.82 Å². The van der Waals surface area contributed by atoms with Gasteiger partial charge in [0.15, 0.2) is 0 Å². The summed E-state index contributed by atoms with van der Waals surface area (Å²) in [6.45, 7) is 8.14. The average molecular weight is 412 g/mol. The molecule has 0 spiro atoms. The summed E-state index contributed by atoms with van der Waals surface area (Å²) >= 11 is 0. The quantitative estimate of drug-likeness (QED) is 0.292. The van der Waals surface area contributed by atoms with E-state index in [9.17, 15) is 22.6 Å². The summed E-state index contributed by atoms with van der Waals surface area (Å²) in [7, 11) is -1.77. The SMILES string of the molecule is CC(C)=CCCC(C)=CCCC(C)=CCOB(O)c1cc(C(F)(F)F)ccc1F. The first-order chi connectivity index (χ1) is 13.5. The summed E-state index contributed by atoms with van der Waals surface area (Å²) in [5.41, 5.74) is 2.09. The Morgan fingerprint density at radius 1 is 1.00 bits per heavy atom. The summed E-state index contributed by atoms with van der Waals surface area (Å²) in [6.07, 6.45) is 5.23. The molecule has 0 bridgehead atoms. The minimum Gasteiger partial charge on any atom is -0.423 e. The van der Waals surface area contributed by atoms with E-state index >= 15 is 0 Å². The van der Waals surface area contributed by atoms with Crippen molar-refractivity contribution in [2.24, 2.45) is 0 Å². The normalized spacial score (nSPS) is 12.9. The van der Waals surface area contributed by atoms with E-state index in [1.54, 1.807) is 6.08 Å². The third-order valence-electron chi connectivity index (χ3n) is 4.40. The molecule has 0 heterocycles. The molecule has 0 unspecified atom stereocenters. The Bertz CT molecular complexity index is 748. The Kier molecular flexibility index (Phi) is 10.4. The van der Waals surface area contributed by atoms with E-state index in [4.69, 9.17) is 4.65 Å². The van der Waals surface area contributed by atoms with Gasteiger partial charge in [-0.3, -0.25) is 0 Å². The first kappa shape index (κ1) is 25.2. The van der Waals surface area contributed by atoms with Crippen LogP contribution in [0.15, 0.2) is 53.1 Å². The zero-order chi connectivity index (χ0) is 22.0. The van der Waals surface area contributed by atoms with Crippen LogP contribution in [0.5, 0.6) is 0 Å². The number of halogens is 4. The van der Waals surface area contributed by atoms with E-state index in [2.05, 4.69) is 32.9 Å². The fourth-order valence-electron chi connectivity index (χ4n) is 2.62. The molecule has 29 heavy (non-hydrogen) atoms. The van der Waals surface area contributed by atoms with Crippen LogP contribution < -0.4 is 5.46 Å². The molecule has 160 valence electrons. The van der Waals surface area contributed by atoms with Gasteiger partial charge in [-0.2, -0.15) is 13.2 Å². The second-order valence-corrected chi connectivity index (χ2v) is 7.38. The van der Waals surface area contributed by atoms with Crippen LogP contribution >= 0.6 is 0 Å². The first-order valence-electron chi connectivity index (χ1n) is 9.61. The number of alkyl halides is 3. The number of rotatable bonds is 10. The van der Waals surface area contributed by atoms with Crippen LogP contribution in [0, 0.1) is 5.82 Å². The van der Waals surface area contributed by atoms with Crippen molar-refractivity contribution < 1.29 is 27.2 Å². The van der Waals surface area contributed by atoms with E-state index in [0.717, 1.165) is 31.3 Å². The van der Waals surface area contributed by atoms with Gasteiger partial charge in [0, 0.05) is 5.46 Å². The van der Waals surface area contributed by atoms with Gasteiger partial charge in [-0.05, 0) is 71.6 Å². The average Bonchev–Trinajstić information content (AvgIpc) is 2.60. The monoisotopic (exact) mass is 412 g/mol. The lowest BCUT2D eigenvalue weighted by Gasteiger charge is -2.12. The summed E-state index contributed by atoms with van der Waals surface area (Å²) in [5, 5.41) is 9.90. The molecule has 0 aliphatic heterocycles. The van der Waals surface area contributed by atoms with Gasteiger partial charge in [0.2, 0.25) is 0 Å². The van der Waals surface area contributed by atoms with Gasteiger partial charge in [0.05, 0.1) is 12.2 Å². The maximum absolute atomic E-state index is 13.7. The predicted molar refractivity (Wildman–Crippen MR) is 110 cm³/mol. The van der Waals surface area contributed by atoms with Crippen molar-refractivity contribution in [2.45, 2.75) is 59.6 Å². The lowest BCUT2D eigenvalue weighted by atomic mass is 9.78. The molecule has 0 amide bonds. The van der Waals surface area contributed by atoms with Crippen LogP contribution in [0.25, 0.3) is 0 Å². The van der Waals surface area contributed by atoms with Crippen molar-refractivity contribution in [3.8, 4) is 0 Å². The molecular formula is C22H29BF4O2. The molecule has 0 aliphatic carbocycles. The van der Waals surface area contributed by atoms with Gasteiger partial charge in [-0.15, -0.1) is 0 Å². The zero-order valence-electron chi connectivity index (χ0n) is 17.4. The predicted octanol–water partition coefficient (Wildman–Crippen LogP) is 5.97. The summed E-state index contributed by atoms with van der Waals surface area (Å²) in [6, 6.07) is 1.88. The van der Waals surface area contributed by atoms with Crippen molar-refractivity contribution in [3.05, 3.63) is 64.5 Å². The topological polar surface area (TPSA) is 29.5 Å². The van der Waals surface area contributed by atoms with Crippen LogP contribution in [0.2, 0.25) is 0 Å². The molecule has 0 atom stereocenters. The van der Waals surface area contributed by atoms with Crippen LogP contribution in [0.3, 0.4) is 0 Å². The largest absolute Gasteiger partial charge is 0.494 e. The minimum absolute atomic E-state index is 0.0219. The van der Waals surface area contributed by atoms with Crippen molar-refractivity contribution in [1.29, 1.82) is 0 Å². The summed E-state index contributed by atoms with van der Waals surface area (Å²) < 4.78 is 57.1. The number of hydrogen-bond acceptors (Lipinski definition) is 2. The second-order valence-electron chi connectivity index (χ2n) is 7.38. The molecule has 0 saturated carbocycles. The van der Waals surface area contributed by atoms with Gasteiger partial charge in [-0.25, -0.2) is 4.39 Å². The van der Waals surface area contributed by atoms with Crippen LogP contribution in [0.4, 0.5) is 17.6 Å². The standard InChI is InChI=1S/C22H29BF4O2/c1-16(2)7-5-8-17(3)9-6-10-18(4)13-14-29-23(28)20-15-19(22(25,26)27)11-12-21(20)24/h7,9,11-13,15,28H,5-6,8,10,14H2,1-4H3. The molecule has 1 aromatic rings. The molecule has 0 aliphatic rings. The van der Waals surface area contributed by atoms with E-state index in [1.165, 1.54) is 11.1 Å². The van der Waals surface area contributed by atoms with E-state index in [0.29, 0.717) is 18.2 Å². The lowest BCUT2D eigenvalue weighted by Crippen LogP contribution is -2.37. The lowest BCUT2D eigenvalue weighted by molar-refractivity contribution is -0.137. The Morgan fingerprint density at radius 3 is 2.17 bits per heavy atom. The van der Waals surface area contributed by atoms with Gasteiger partial charge < -0.3 is 9.68 Å². The molecule has 2 nitrogen and oxygen atoms in total. The third kappa shape index (κ3) is 9.95. The third-order valence-corrected chi connectivity index (χ3v) is 4.40. The summed E-state index contributed by atoms with van der Waals surface area (Å²) in [5.74, 6) is -0.945. The van der Waals surface area contributed by atoms with E-state index in [1.807, 2.05) is 6.92 Å². The maximum Gasteiger partial charge on any atom is 0.494 e. The van der Waals surface area contributed by atoms with Crippen LogP contribution in [-0.2, 0) is 10.8 Å². The molecular weight excluding hydrogens is 383 g/mol. The molecule has 0 saturated heterocycles. The van der Waals surface area contributed by atoms with Crippen LogP contribution in [-0.4, -0.2) is 18.7 Å². The Balaban J connectivity index is 2.51. The number of hydrogen-bond donors (Lipinski definition) is 1. The molecule has 0 aromatic heterocycles. The van der Waals surface area contributed by atoms with Crippen molar-refractivity contribution in [3.63, 3.8) is 0 Å².